The van der Waals surface area contributed by atoms with Gasteiger partial charge >= 0.3 is 5.97 Å². The minimum Gasteiger partial charge on any atom is -0.497 e. The predicted octanol–water partition coefficient (Wildman–Crippen LogP) is 4.26. The van der Waals surface area contributed by atoms with E-state index in [1.54, 1.807) is 12.1 Å². The minimum atomic E-state index is -1.00. The molecule has 0 bridgehead atoms. The van der Waals surface area contributed by atoms with Crippen LogP contribution in [0.2, 0.25) is 0 Å². The van der Waals surface area contributed by atoms with Gasteiger partial charge in [0.25, 0.3) is 5.91 Å². The largest absolute Gasteiger partial charge is 0.497 e. The van der Waals surface area contributed by atoms with Crippen LogP contribution in [-0.4, -0.2) is 68.6 Å². The Balaban J connectivity index is 1.37. The highest BCUT2D eigenvalue weighted by Gasteiger charge is 2.41. The van der Waals surface area contributed by atoms with Crippen LogP contribution in [-0.2, 0) is 20.8 Å². The summed E-state index contributed by atoms with van der Waals surface area (Å²) in [5, 5.41) is 16.0. The van der Waals surface area contributed by atoms with Crippen LogP contribution in [0.1, 0.15) is 61.8 Å². The number of aliphatic carboxylic acids is 1. The molecule has 3 aliphatic heterocycles. The van der Waals surface area contributed by atoms with Crippen LogP contribution in [0.5, 0.6) is 5.75 Å². The predicted molar refractivity (Wildman–Crippen MR) is 150 cm³/mol. The molecule has 0 spiro atoms. The van der Waals surface area contributed by atoms with E-state index in [4.69, 9.17) is 9.84 Å². The molecule has 3 unspecified atom stereocenters. The Morgan fingerprint density at radius 2 is 1.85 bits per heavy atom. The van der Waals surface area contributed by atoms with Crippen molar-refractivity contribution in [3.05, 3.63) is 65.2 Å². The zero-order chi connectivity index (χ0) is 27.5. The summed E-state index contributed by atoms with van der Waals surface area (Å²) in [5.74, 6) is -0.950. The Morgan fingerprint density at radius 1 is 1.10 bits per heavy atom. The van der Waals surface area contributed by atoms with Crippen LogP contribution < -0.4 is 4.74 Å². The number of hydrazone groups is 1. The van der Waals surface area contributed by atoms with Gasteiger partial charge in [-0.05, 0) is 66.6 Å². The smallest absolute Gasteiger partial charge is 0.326 e. The van der Waals surface area contributed by atoms with Crippen LogP contribution in [0.3, 0.4) is 0 Å². The van der Waals surface area contributed by atoms with Gasteiger partial charge in [0.15, 0.2) is 5.17 Å². The number of benzene rings is 2. The number of carbonyl (C=O) groups excluding carboxylic acids is 2. The number of piperidine rings is 1. The average Bonchev–Trinajstić information content (AvgIpc) is 3.57. The third kappa shape index (κ3) is 5.71. The standard InChI is InChI=1S/C29H32N4O5S/c1-3-18-7-9-20(10-8-18)24-16-22(19-11-13-21(38-2)14-12-19)31-33(24)29-30-27(35)25(39-29)17-26(34)32-15-5-4-6-23(32)28(36)37/h7-14,23-25H,3-6,15-17H2,1-2H3,(H,36,37). The zero-order valence-corrected chi connectivity index (χ0v) is 22.9. The van der Waals surface area contributed by atoms with Crippen molar-refractivity contribution in [1.82, 2.24) is 9.91 Å². The molecule has 1 fully saturated rings. The van der Waals surface area contributed by atoms with Gasteiger partial charge in [-0.2, -0.15) is 10.1 Å². The number of hydrogen-bond acceptors (Lipinski definition) is 7. The third-order valence-electron chi connectivity index (χ3n) is 7.50. The first-order valence-corrected chi connectivity index (χ1v) is 14.2. The van der Waals surface area contributed by atoms with Crippen molar-refractivity contribution in [3.63, 3.8) is 0 Å². The molecular formula is C29H32N4O5S. The summed E-state index contributed by atoms with van der Waals surface area (Å²) in [4.78, 5) is 43.4. The van der Waals surface area contributed by atoms with Gasteiger partial charge in [0.1, 0.15) is 17.0 Å². The lowest BCUT2D eigenvalue weighted by atomic mass is 9.97. The van der Waals surface area contributed by atoms with E-state index >= 15 is 0 Å². The van der Waals surface area contributed by atoms with Crippen molar-refractivity contribution in [2.24, 2.45) is 10.1 Å². The topological polar surface area (TPSA) is 112 Å². The zero-order valence-electron chi connectivity index (χ0n) is 22.1. The maximum absolute atomic E-state index is 13.1. The fraction of sp³-hybridized carbons (Fsp3) is 0.414. The van der Waals surface area contributed by atoms with Gasteiger partial charge in [0, 0.05) is 19.4 Å². The number of likely N-dealkylation sites (tertiary alicyclic amines) is 1. The maximum atomic E-state index is 13.1. The third-order valence-corrected chi connectivity index (χ3v) is 8.64. The van der Waals surface area contributed by atoms with Gasteiger partial charge in [0.2, 0.25) is 5.91 Å². The SMILES string of the molecule is CCc1ccc(C2CC(c3ccc(OC)cc3)=NN2C2=NC(=O)C(CC(=O)N3CCCCC3C(=O)O)S2)cc1. The Kier molecular flexibility index (Phi) is 8.02. The van der Waals surface area contributed by atoms with Gasteiger partial charge in [-0.1, -0.05) is 43.0 Å². The summed E-state index contributed by atoms with van der Waals surface area (Å²) in [7, 11) is 1.63. The fourth-order valence-corrected chi connectivity index (χ4v) is 6.30. The Hall–Kier alpha value is -3.66. The molecule has 2 amide bonds. The molecule has 2 aromatic rings. The van der Waals surface area contributed by atoms with Crippen LogP contribution in [0, 0.1) is 0 Å². The second-order valence-electron chi connectivity index (χ2n) is 9.92. The van der Waals surface area contributed by atoms with Crippen molar-refractivity contribution in [2.45, 2.75) is 62.8 Å². The number of ether oxygens (including phenoxy) is 1. The lowest BCUT2D eigenvalue weighted by molar-refractivity contribution is -0.152. The van der Waals surface area contributed by atoms with E-state index in [0.29, 0.717) is 24.6 Å². The van der Waals surface area contributed by atoms with Crippen LogP contribution in [0.15, 0.2) is 58.6 Å². The fourth-order valence-electron chi connectivity index (χ4n) is 5.25. The van der Waals surface area contributed by atoms with Crippen LogP contribution in [0.4, 0.5) is 0 Å². The van der Waals surface area contributed by atoms with Crippen molar-refractivity contribution in [2.75, 3.05) is 13.7 Å². The highest BCUT2D eigenvalue weighted by atomic mass is 32.2. The summed E-state index contributed by atoms with van der Waals surface area (Å²) in [6.45, 7) is 2.51. The van der Waals surface area contributed by atoms with Gasteiger partial charge in [-0.25, -0.2) is 9.80 Å². The lowest BCUT2D eigenvalue weighted by Gasteiger charge is -2.33. The summed E-state index contributed by atoms with van der Waals surface area (Å²) >= 11 is 1.23. The van der Waals surface area contributed by atoms with Gasteiger partial charge in [-0.15, -0.1) is 0 Å². The lowest BCUT2D eigenvalue weighted by Crippen LogP contribution is -2.48. The second kappa shape index (κ2) is 11.6. The van der Waals surface area contributed by atoms with Crippen LogP contribution in [0.25, 0.3) is 0 Å². The number of aryl methyl sites for hydroxylation is 1. The Labute approximate surface area is 231 Å². The molecule has 0 saturated carbocycles. The molecule has 10 heteroatoms. The molecule has 5 rings (SSSR count). The van der Waals surface area contributed by atoms with Gasteiger partial charge in [-0.3, -0.25) is 9.59 Å². The maximum Gasteiger partial charge on any atom is 0.326 e. The number of rotatable bonds is 7. The quantitative estimate of drug-likeness (QED) is 0.550. The molecule has 9 nitrogen and oxygen atoms in total. The number of carboxylic acids is 1. The molecule has 204 valence electrons. The number of carboxylic acid groups (broad SMARTS) is 1. The number of amidine groups is 1. The minimum absolute atomic E-state index is 0.0843. The van der Waals surface area contributed by atoms with E-state index < -0.39 is 17.3 Å². The highest BCUT2D eigenvalue weighted by molar-refractivity contribution is 8.15. The monoisotopic (exact) mass is 548 g/mol. The van der Waals surface area contributed by atoms with Crippen molar-refractivity contribution in [1.29, 1.82) is 0 Å². The first kappa shape index (κ1) is 26.9. The van der Waals surface area contributed by atoms with E-state index in [0.717, 1.165) is 41.9 Å². The molecule has 39 heavy (non-hydrogen) atoms. The van der Waals surface area contributed by atoms with E-state index in [9.17, 15) is 19.5 Å². The first-order chi connectivity index (χ1) is 18.9. The summed E-state index contributed by atoms with van der Waals surface area (Å²) < 4.78 is 5.29. The molecule has 1 saturated heterocycles. The molecule has 1 N–H and O–H groups in total. The van der Waals surface area contributed by atoms with Gasteiger partial charge < -0.3 is 14.7 Å². The van der Waals surface area contributed by atoms with E-state index in [2.05, 4.69) is 36.2 Å². The summed E-state index contributed by atoms with van der Waals surface area (Å²) in [6.07, 6.45) is 3.45. The number of amides is 2. The Bertz CT molecular complexity index is 1310. The normalized spacial score (nSPS) is 23.0. The summed E-state index contributed by atoms with van der Waals surface area (Å²) in [6, 6.07) is 15.1. The summed E-state index contributed by atoms with van der Waals surface area (Å²) in [5.41, 5.74) is 4.13. The first-order valence-electron chi connectivity index (χ1n) is 13.3. The molecule has 0 aromatic heterocycles. The van der Waals surface area contributed by atoms with Crippen LogP contribution >= 0.6 is 11.8 Å². The molecule has 2 aromatic carbocycles. The van der Waals surface area contributed by atoms with Crippen molar-refractivity contribution < 1.29 is 24.2 Å². The van der Waals surface area contributed by atoms with E-state index in [1.165, 1.54) is 22.2 Å². The van der Waals surface area contributed by atoms with Crippen molar-refractivity contribution >= 4 is 40.4 Å². The number of methoxy groups -OCH3 is 1. The average molecular weight is 549 g/mol. The number of carbonyl (C=O) groups is 3. The number of aliphatic imine (C=N–C) groups is 1. The molecular weight excluding hydrogens is 516 g/mol. The van der Waals surface area contributed by atoms with Gasteiger partial charge in [0.05, 0.1) is 18.9 Å². The molecule has 3 heterocycles. The number of hydrogen-bond donors (Lipinski definition) is 1. The van der Waals surface area contributed by atoms with Crippen molar-refractivity contribution in [3.8, 4) is 5.75 Å². The highest BCUT2D eigenvalue weighted by Crippen LogP contribution is 2.39. The number of nitrogens with zero attached hydrogens (tertiary/aromatic N) is 4. The van der Waals surface area contributed by atoms with E-state index in [-0.39, 0.29) is 24.3 Å². The Morgan fingerprint density at radius 3 is 2.51 bits per heavy atom. The number of thioether (sulfide) groups is 1. The molecule has 0 radical (unpaired) electrons. The molecule has 3 atom stereocenters. The molecule has 0 aliphatic carbocycles. The molecule has 3 aliphatic rings. The van der Waals surface area contributed by atoms with E-state index in [1.807, 2.05) is 24.3 Å². The second-order valence-corrected chi connectivity index (χ2v) is 11.1.